The summed E-state index contributed by atoms with van der Waals surface area (Å²) in [4.78, 5) is 4.75. The van der Waals surface area contributed by atoms with Crippen LogP contribution in [-0.4, -0.2) is 11.9 Å². The van der Waals surface area contributed by atoms with Gasteiger partial charge in [0.2, 0.25) is 0 Å². The molecule has 98 valence electrons. The molecular weight excluding hydrogens is 234 g/mol. The molecule has 0 bridgehead atoms. The Bertz CT molecular complexity index is 598. The number of rotatable bonds is 2. The largest absolute Gasteiger partial charge is 0.308 e. The molecule has 0 unspecified atom stereocenters. The smallest absolute Gasteiger partial charge is 0.142 e. The Morgan fingerprint density at radius 1 is 1.05 bits per heavy atom. The lowest BCUT2D eigenvalue weighted by Gasteiger charge is -2.10. The maximum Gasteiger partial charge on any atom is 0.142 e. The predicted octanol–water partition coefficient (Wildman–Crippen LogP) is 2.99. The summed E-state index contributed by atoms with van der Waals surface area (Å²) >= 11 is 0. The van der Waals surface area contributed by atoms with Crippen LogP contribution < -0.4 is 11.3 Å². The molecule has 0 heterocycles. The van der Waals surface area contributed by atoms with Crippen LogP contribution in [0.4, 0.5) is 0 Å². The molecule has 3 rings (SSSR count). The Morgan fingerprint density at radius 2 is 1.79 bits per heavy atom. The molecule has 0 radical (unpaired) electrons. The molecular formula is C16H19N3. The SMILES string of the molecule is NNC(=NC1CCCC1)c1ccc2ccccc2c1. The second-order valence-corrected chi connectivity index (χ2v) is 5.12. The fourth-order valence-electron chi connectivity index (χ4n) is 2.75. The van der Waals surface area contributed by atoms with E-state index in [1.165, 1.54) is 36.5 Å². The van der Waals surface area contributed by atoms with Crippen LogP contribution >= 0.6 is 0 Å². The first-order valence-electron chi connectivity index (χ1n) is 6.90. The highest BCUT2D eigenvalue weighted by Gasteiger charge is 2.15. The van der Waals surface area contributed by atoms with Crippen LogP contribution in [0.5, 0.6) is 0 Å². The van der Waals surface area contributed by atoms with Gasteiger partial charge >= 0.3 is 0 Å². The minimum absolute atomic E-state index is 0.428. The van der Waals surface area contributed by atoms with Crippen LogP contribution in [-0.2, 0) is 0 Å². The molecule has 0 amide bonds. The Hall–Kier alpha value is -1.87. The number of hydrogen-bond donors (Lipinski definition) is 2. The summed E-state index contributed by atoms with van der Waals surface area (Å²) in [6.07, 6.45) is 4.92. The van der Waals surface area contributed by atoms with Gasteiger partial charge in [-0.1, -0.05) is 49.2 Å². The number of hydrogen-bond acceptors (Lipinski definition) is 2. The molecule has 1 fully saturated rings. The summed E-state index contributed by atoms with van der Waals surface area (Å²) in [6, 6.07) is 15.1. The molecule has 1 aliphatic carbocycles. The second kappa shape index (κ2) is 5.41. The highest BCUT2D eigenvalue weighted by atomic mass is 15.3. The van der Waals surface area contributed by atoms with Gasteiger partial charge in [0.1, 0.15) is 5.84 Å². The average Bonchev–Trinajstić information content (AvgIpc) is 2.97. The lowest BCUT2D eigenvalue weighted by atomic mass is 10.1. The van der Waals surface area contributed by atoms with E-state index in [1.807, 2.05) is 0 Å². The number of amidine groups is 1. The molecule has 0 saturated heterocycles. The van der Waals surface area contributed by atoms with Crippen molar-refractivity contribution in [2.75, 3.05) is 0 Å². The quantitative estimate of drug-likeness (QED) is 0.374. The molecule has 3 heteroatoms. The molecule has 0 aromatic heterocycles. The van der Waals surface area contributed by atoms with E-state index in [2.05, 4.69) is 47.9 Å². The molecule has 0 aliphatic heterocycles. The zero-order valence-corrected chi connectivity index (χ0v) is 11.0. The van der Waals surface area contributed by atoms with Gasteiger partial charge in [-0.15, -0.1) is 0 Å². The van der Waals surface area contributed by atoms with Crippen molar-refractivity contribution < 1.29 is 0 Å². The third kappa shape index (κ3) is 2.61. The number of benzene rings is 2. The number of hydrazine groups is 1. The summed E-state index contributed by atoms with van der Waals surface area (Å²) in [5, 5.41) is 2.46. The van der Waals surface area contributed by atoms with Gasteiger partial charge in [0.15, 0.2) is 0 Å². The average molecular weight is 253 g/mol. The fraction of sp³-hybridized carbons (Fsp3) is 0.312. The first-order valence-corrected chi connectivity index (χ1v) is 6.90. The number of aliphatic imine (C=N–C) groups is 1. The summed E-state index contributed by atoms with van der Waals surface area (Å²) in [5.74, 6) is 6.45. The third-order valence-corrected chi connectivity index (χ3v) is 3.80. The van der Waals surface area contributed by atoms with Crippen molar-refractivity contribution in [3.63, 3.8) is 0 Å². The molecule has 2 aromatic rings. The molecule has 1 aliphatic rings. The predicted molar refractivity (Wildman–Crippen MR) is 80.1 cm³/mol. The Kier molecular flexibility index (Phi) is 3.47. The van der Waals surface area contributed by atoms with Crippen molar-refractivity contribution in [2.45, 2.75) is 31.7 Å². The minimum Gasteiger partial charge on any atom is -0.308 e. The summed E-state index contributed by atoms with van der Waals surface area (Å²) in [7, 11) is 0. The van der Waals surface area contributed by atoms with E-state index in [0.29, 0.717) is 6.04 Å². The standard InChI is InChI=1S/C16H19N3/c17-19-16(18-15-7-3-4-8-15)14-10-9-12-5-1-2-6-13(12)11-14/h1-2,5-6,9-11,15H,3-4,7-8,17H2,(H,18,19). The van der Waals surface area contributed by atoms with Crippen molar-refractivity contribution >= 4 is 16.6 Å². The molecule has 19 heavy (non-hydrogen) atoms. The Labute approximate surface area is 113 Å². The zero-order chi connectivity index (χ0) is 13.1. The lowest BCUT2D eigenvalue weighted by molar-refractivity contribution is 0.701. The van der Waals surface area contributed by atoms with E-state index in [-0.39, 0.29) is 0 Å². The maximum atomic E-state index is 5.65. The first-order chi connectivity index (χ1) is 9.36. The van der Waals surface area contributed by atoms with Crippen molar-refractivity contribution in [1.82, 2.24) is 5.43 Å². The van der Waals surface area contributed by atoms with E-state index in [9.17, 15) is 0 Å². The van der Waals surface area contributed by atoms with Crippen molar-refractivity contribution in [3.8, 4) is 0 Å². The number of nitrogens with one attached hydrogen (secondary N) is 1. The van der Waals surface area contributed by atoms with E-state index in [4.69, 9.17) is 10.8 Å². The van der Waals surface area contributed by atoms with Crippen molar-refractivity contribution in [1.29, 1.82) is 0 Å². The van der Waals surface area contributed by atoms with E-state index in [0.717, 1.165) is 11.4 Å². The summed E-state index contributed by atoms with van der Waals surface area (Å²) < 4.78 is 0. The summed E-state index contributed by atoms with van der Waals surface area (Å²) in [6.45, 7) is 0. The Balaban J connectivity index is 1.96. The van der Waals surface area contributed by atoms with Crippen LogP contribution in [0.15, 0.2) is 47.5 Å². The number of nitrogens with two attached hydrogens (primary N) is 1. The van der Waals surface area contributed by atoms with Gasteiger partial charge in [0, 0.05) is 5.56 Å². The van der Waals surface area contributed by atoms with Crippen LogP contribution in [0, 0.1) is 0 Å². The molecule has 0 spiro atoms. The highest BCUT2D eigenvalue weighted by Crippen LogP contribution is 2.22. The number of fused-ring (bicyclic) bond motifs is 1. The molecule has 3 nitrogen and oxygen atoms in total. The highest BCUT2D eigenvalue weighted by molar-refractivity contribution is 6.01. The van der Waals surface area contributed by atoms with Gasteiger partial charge in [0.05, 0.1) is 6.04 Å². The van der Waals surface area contributed by atoms with Crippen molar-refractivity contribution in [2.24, 2.45) is 10.8 Å². The normalized spacial score (nSPS) is 17.0. The van der Waals surface area contributed by atoms with E-state index in [1.54, 1.807) is 0 Å². The third-order valence-electron chi connectivity index (χ3n) is 3.80. The topological polar surface area (TPSA) is 50.4 Å². The molecule has 2 aromatic carbocycles. The second-order valence-electron chi connectivity index (χ2n) is 5.12. The number of nitrogens with zero attached hydrogens (tertiary/aromatic N) is 1. The van der Waals surface area contributed by atoms with Crippen LogP contribution in [0.1, 0.15) is 31.2 Å². The van der Waals surface area contributed by atoms with Crippen molar-refractivity contribution in [3.05, 3.63) is 48.0 Å². The van der Waals surface area contributed by atoms with Crippen LogP contribution in [0.25, 0.3) is 10.8 Å². The van der Waals surface area contributed by atoms with Crippen LogP contribution in [0.2, 0.25) is 0 Å². The lowest BCUT2D eigenvalue weighted by Crippen LogP contribution is -2.32. The van der Waals surface area contributed by atoms with E-state index >= 15 is 0 Å². The van der Waals surface area contributed by atoms with Crippen LogP contribution in [0.3, 0.4) is 0 Å². The maximum absolute atomic E-state index is 5.65. The summed E-state index contributed by atoms with van der Waals surface area (Å²) in [5.41, 5.74) is 3.82. The fourth-order valence-corrected chi connectivity index (χ4v) is 2.75. The van der Waals surface area contributed by atoms with Gasteiger partial charge in [0.25, 0.3) is 0 Å². The first kappa shape index (κ1) is 12.2. The van der Waals surface area contributed by atoms with Gasteiger partial charge in [-0.25, -0.2) is 5.84 Å². The van der Waals surface area contributed by atoms with Gasteiger partial charge in [-0.05, 0) is 29.7 Å². The molecule has 3 N–H and O–H groups in total. The Morgan fingerprint density at radius 3 is 2.53 bits per heavy atom. The molecule has 0 atom stereocenters. The van der Waals surface area contributed by atoms with Gasteiger partial charge in [-0.2, -0.15) is 0 Å². The van der Waals surface area contributed by atoms with Gasteiger partial charge in [-0.3, -0.25) is 4.99 Å². The zero-order valence-electron chi connectivity index (χ0n) is 11.0. The minimum atomic E-state index is 0.428. The monoisotopic (exact) mass is 253 g/mol. The van der Waals surface area contributed by atoms with E-state index < -0.39 is 0 Å². The van der Waals surface area contributed by atoms with Gasteiger partial charge < -0.3 is 5.43 Å². The molecule has 1 saturated carbocycles.